The van der Waals surface area contributed by atoms with E-state index < -0.39 is 0 Å². The van der Waals surface area contributed by atoms with E-state index in [1.54, 1.807) is 0 Å². The van der Waals surface area contributed by atoms with Crippen LogP contribution in [-0.2, 0) is 0 Å². The first kappa shape index (κ1) is 10.7. The molecule has 0 saturated carbocycles. The van der Waals surface area contributed by atoms with Crippen molar-refractivity contribution in [3.63, 3.8) is 0 Å². The molecular formula is C9H20N2. The van der Waals surface area contributed by atoms with E-state index in [0.717, 1.165) is 19.4 Å². The fourth-order valence-electron chi connectivity index (χ4n) is 0.922. The first-order valence-corrected chi connectivity index (χ1v) is 4.34. The highest BCUT2D eigenvalue weighted by atomic mass is 14.6. The molecule has 66 valence electrons. The molecule has 0 rings (SSSR count). The van der Waals surface area contributed by atoms with Gasteiger partial charge in [0.15, 0.2) is 0 Å². The zero-order chi connectivity index (χ0) is 8.69. The molecule has 0 aromatic rings. The van der Waals surface area contributed by atoms with Crippen molar-refractivity contribution in [2.24, 2.45) is 17.4 Å². The number of hydrogen-bond acceptors (Lipinski definition) is 2. The summed E-state index contributed by atoms with van der Waals surface area (Å²) in [7, 11) is 0. The quantitative estimate of drug-likeness (QED) is 0.589. The molecule has 0 saturated heterocycles. The van der Waals surface area contributed by atoms with Crippen molar-refractivity contribution >= 4 is 0 Å². The average molecular weight is 156 g/mol. The summed E-state index contributed by atoms with van der Waals surface area (Å²) < 4.78 is 0. The van der Waals surface area contributed by atoms with Crippen molar-refractivity contribution in [3.8, 4) is 0 Å². The van der Waals surface area contributed by atoms with Crippen LogP contribution in [0.3, 0.4) is 0 Å². The molecule has 2 heteroatoms. The van der Waals surface area contributed by atoms with Gasteiger partial charge >= 0.3 is 0 Å². The normalized spacial score (nSPS) is 17.1. The molecule has 0 radical (unpaired) electrons. The molecule has 0 bridgehead atoms. The maximum atomic E-state index is 5.82. The number of nitrogens with two attached hydrogens (primary N) is 2. The van der Waals surface area contributed by atoms with Crippen molar-refractivity contribution in [2.75, 3.05) is 6.54 Å². The SMILES string of the molecule is CCC(N)C(C)/C=C\CCN. The molecule has 0 spiro atoms. The summed E-state index contributed by atoms with van der Waals surface area (Å²) in [6.07, 6.45) is 6.26. The highest BCUT2D eigenvalue weighted by Gasteiger charge is 2.05. The van der Waals surface area contributed by atoms with E-state index >= 15 is 0 Å². The Hall–Kier alpha value is -0.340. The number of hydrogen-bond donors (Lipinski definition) is 2. The third kappa shape index (κ3) is 4.99. The molecule has 0 heterocycles. The van der Waals surface area contributed by atoms with Crippen molar-refractivity contribution in [3.05, 3.63) is 12.2 Å². The molecule has 0 fully saturated rings. The van der Waals surface area contributed by atoms with E-state index in [9.17, 15) is 0 Å². The molecule has 11 heavy (non-hydrogen) atoms. The summed E-state index contributed by atoms with van der Waals surface area (Å²) >= 11 is 0. The highest BCUT2D eigenvalue weighted by molar-refractivity contribution is 4.90. The summed E-state index contributed by atoms with van der Waals surface area (Å²) in [6.45, 7) is 4.98. The molecule has 0 aliphatic carbocycles. The molecule has 0 aliphatic heterocycles. The van der Waals surface area contributed by atoms with Gasteiger partial charge in [0.1, 0.15) is 0 Å². The van der Waals surface area contributed by atoms with Crippen molar-refractivity contribution in [1.29, 1.82) is 0 Å². The Kier molecular flexibility index (Phi) is 6.18. The van der Waals surface area contributed by atoms with Crippen LogP contribution in [0.5, 0.6) is 0 Å². The van der Waals surface area contributed by atoms with Gasteiger partial charge in [0, 0.05) is 6.04 Å². The van der Waals surface area contributed by atoms with Gasteiger partial charge in [-0.2, -0.15) is 0 Å². The second-order valence-corrected chi connectivity index (χ2v) is 2.94. The minimum Gasteiger partial charge on any atom is -0.330 e. The fourth-order valence-corrected chi connectivity index (χ4v) is 0.922. The Bertz CT molecular complexity index is 110. The lowest BCUT2D eigenvalue weighted by molar-refractivity contribution is 0.523. The smallest absolute Gasteiger partial charge is 0.00966 e. The highest BCUT2D eigenvalue weighted by Crippen LogP contribution is 2.05. The molecule has 0 aromatic heterocycles. The van der Waals surface area contributed by atoms with Crippen LogP contribution < -0.4 is 11.5 Å². The molecular weight excluding hydrogens is 136 g/mol. The third-order valence-corrected chi connectivity index (χ3v) is 1.92. The van der Waals surface area contributed by atoms with Crippen LogP contribution in [0.4, 0.5) is 0 Å². The van der Waals surface area contributed by atoms with E-state index in [0.29, 0.717) is 12.0 Å². The van der Waals surface area contributed by atoms with Gasteiger partial charge in [-0.3, -0.25) is 0 Å². The standard InChI is InChI=1S/C9H20N2/c1-3-9(11)8(2)6-4-5-7-10/h4,6,8-9H,3,5,7,10-11H2,1-2H3/b6-4-. The molecule has 2 atom stereocenters. The summed E-state index contributed by atoms with van der Waals surface area (Å²) in [6, 6.07) is 0.295. The maximum absolute atomic E-state index is 5.82. The van der Waals surface area contributed by atoms with Gasteiger partial charge < -0.3 is 11.5 Å². The van der Waals surface area contributed by atoms with E-state index in [2.05, 4.69) is 26.0 Å². The minimum atomic E-state index is 0.295. The summed E-state index contributed by atoms with van der Waals surface area (Å²) in [4.78, 5) is 0. The molecule has 2 nitrogen and oxygen atoms in total. The monoisotopic (exact) mass is 156 g/mol. The van der Waals surface area contributed by atoms with Crippen LogP contribution in [0.25, 0.3) is 0 Å². The van der Waals surface area contributed by atoms with Crippen molar-refractivity contribution in [2.45, 2.75) is 32.7 Å². The van der Waals surface area contributed by atoms with E-state index in [4.69, 9.17) is 11.5 Å². The topological polar surface area (TPSA) is 52.0 Å². The number of rotatable bonds is 5. The van der Waals surface area contributed by atoms with Crippen LogP contribution in [-0.4, -0.2) is 12.6 Å². The van der Waals surface area contributed by atoms with Crippen LogP contribution in [0.15, 0.2) is 12.2 Å². The molecule has 0 aliphatic rings. The Labute approximate surface area is 69.6 Å². The Balaban J connectivity index is 3.57. The first-order chi connectivity index (χ1) is 5.22. The first-order valence-electron chi connectivity index (χ1n) is 4.34. The van der Waals surface area contributed by atoms with Crippen LogP contribution in [0, 0.1) is 5.92 Å². The lowest BCUT2D eigenvalue weighted by atomic mass is 10.00. The van der Waals surface area contributed by atoms with Gasteiger partial charge in [0.2, 0.25) is 0 Å². The van der Waals surface area contributed by atoms with Gasteiger partial charge in [0.25, 0.3) is 0 Å². The average Bonchev–Trinajstić information content (AvgIpc) is 2.03. The van der Waals surface area contributed by atoms with Crippen LogP contribution >= 0.6 is 0 Å². The molecule has 0 amide bonds. The predicted octanol–water partition coefficient (Wildman–Crippen LogP) is 1.26. The van der Waals surface area contributed by atoms with Gasteiger partial charge in [-0.1, -0.05) is 26.0 Å². The van der Waals surface area contributed by atoms with Gasteiger partial charge in [-0.25, -0.2) is 0 Å². The summed E-state index contributed by atoms with van der Waals surface area (Å²) in [5.41, 5.74) is 11.2. The second-order valence-electron chi connectivity index (χ2n) is 2.94. The zero-order valence-electron chi connectivity index (χ0n) is 7.59. The predicted molar refractivity (Wildman–Crippen MR) is 50.2 cm³/mol. The third-order valence-electron chi connectivity index (χ3n) is 1.92. The molecule has 0 aromatic carbocycles. The van der Waals surface area contributed by atoms with Crippen molar-refractivity contribution < 1.29 is 0 Å². The van der Waals surface area contributed by atoms with Gasteiger partial charge in [0.05, 0.1) is 0 Å². The molecule has 2 unspecified atom stereocenters. The van der Waals surface area contributed by atoms with Gasteiger partial charge in [-0.15, -0.1) is 0 Å². The fraction of sp³-hybridized carbons (Fsp3) is 0.778. The molecule has 4 N–H and O–H groups in total. The van der Waals surface area contributed by atoms with Crippen LogP contribution in [0.1, 0.15) is 26.7 Å². The zero-order valence-corrected chi connectivity index (χ0v) is 7.59. The minimum absolute atomic E-state index is 0.295. The van der Waals surface area contributed by atoms with Crippen LogP contribution in [0.2, 0.25) is 0 Å². The summed E-state index contributed by atoms with van der Waals surface area (Å²) in [5.74, 6) is 0.478. The summed E-state index contributed by atoms with van der Waals surface area (Å²) in [5, 5.41) is 0. The Morgan fingerprint density at radius 3 is 2.55 bits per heavy atom. The van der Waals surface area contributed by atoms with E-state index in [1.165, 1.54) is 0 Å². The van der Waals surface area contributed by atoms with E-state index in [1.807, 2.05) is 0 Å². The van der Waals surface area contributed by atoms with Crippen molar-refractivity contribution in [1.82, 2.24) is 0 Å². The van der Waals surface area contributed by atoms with Gasteiger partial charge in [-0.05, 0) is 25.3 Å². The largest absolute Gasteiger partial charge is 0.330 e. The maximum Gasteiger partial charge on any atom is 0.00966 e. The second kappa shape index (κ2) is 6.38. The lowest BCUT2D eigenvalue weighted by Crippen LogP contribution is -2.25. The lowest BCUT2D eigenvalue weighted by Gasteiger charge is -2.13. The Morgan fingerprint density at radius 2 is 2.09 bits per heavy atom. The Morgan fingerprint density at radius 1 is 1.45 bits per heavy atom. The van der Waals surface area contributed by atoms with E-state index in [-0.39, 0.29) is 0 Å².